The zero-order chi connectivity index (χ0) is 24.4. The van der Waals surface area contributed by atoms with Crippen molar-refractivity contribution in [3.8, 4) is 22.5 Å². The normalized spacial score (nSPS) is 12.1. The lowest BCUT2D eigenvalue weighted by Crippen LogP contribution is -2.14. The number of hydrogen-bond donors (Lipinski definition) is 1. The minimum atomic E-state index is -0.608. The Hall–Kier alpha value is -4.16. The van der Waals surface area contributed by atoms with Crippen LogP contribution < -0.4 is 4.90 Å². The molecule has 5 aromatic rings. The number of hydrogen-bond acceptors (Lipinski definition) is 6. The van der Waals surface area contributed by atoms with Gasteiger partial charge in [-0.1, -0.05) is 62.4 Å². The van der Waals surface area contributed by atoms with E-state index in [2.05, 4.69) is 28.2 Å². The minimum absolute atomic E-state index is 0.0730. The Morgan fingerprint density at radius 2 is 1.63 bits per heavy atom. The first-order valence-electron chi connectivity index (χ1n) is 11.7. The molecule has 0 amide bonds. The molecular formula is C29H27N5O. The van der Waals surface area contributed by atoms with Crippen molar-refractivity contribution >= 4 is 22.5 Å². The Kier molecular flexibility index (Phi) is 6.21. The molecule has 0 saturated carbocycles. The number of nitrogens with zero attached hydrogens (tertiary/aromatic N) is 5. The zero-order valence-electron chi connectivity index (χ0n) is 20.0. The minimum Gasteiger partial charge on any atom is -0.388 e. The lowest BCUT2D eigenvalue weighted by molar-refractivity contribution is 0.126. The molecule has 3 heterocycles. The Balaban J connectivity index is 1.75. The van der Waals surface area contributed by atoms with Crippen LogP contribution in [0.2, 0.25) is 0 Å². The van der Waals surface area contributed by atoms with Crippen LogP contribution in [0, 0.1) is 5.92 Å². The van der Waals surface area contributed by atoms with Crippen LogP contribution in [0.25, 0.3) is 33.4 Å². The molecule has 0 spiro atoms. The fourth-order valence-electron chi connectivity index (χ4n) is 4.18. The molecule has 174 valence electrons. The van der Waals surface area contributed by atoms with Gasteiger partial charge in [-0.05, 0) is 46.9 Å². The second-order valence-corrected chi connectivity index (χ2v) is 8.88. The van der Waals surface area contributed by atoms with Crippen molar-refractivity contribution in [2.45, 2.75) is 20.0 Å². The van der Waals surface area contributed by atoms with Gasteiger partial charge in [-0.25, -0.2) is 15.0 Å². The van der Waals surface area contributed by atoms with Crippen molar-refractivity contribution in [3.63, 3.8) is 0 Å². The van der Waals surface area contributed by atoms with Crippen molar-refractivity contribution in [1.82, 2.24) is 19.9 Å². The summed E-state index contributed by atoms with van der Waals surface area (Å²) in [6.07, 6.45) is 4.60. The van der Waals surface area contributed by atoms with Crippen LogP contribution in [-0.2, 0) is 0 Å². The van der Waals surface area contributed by atoms with E-state index in [1.807, 2.05) is 80.4 Å². The molecule has 6 heteroatoms. The molecule has 0 aliphatic carbocycles. The third-order valence-corrected chi connectivity index (χ3v) is 6.09. The highest BCUT2D eigenvalue weighted by Gasteiger charge is 2.20. The van der Waals surface area contributed by atoms with Gasteiger partial charge in [0.05, 0.1) is 17.0 Å². The van der Waals surface area contributed by atoms with Crippen LogP contribution in [0.4, 0.5) is 11.6 Å². The third-order valence-electron chi connectivity index (χ3n) is 6.09. The molecule has 1 N–H and O–H groups in total. The van der Waals surface area contributed by atoms with E-state index >= 15 is 0 Å². The van der Waals surface area contributed by atoms with Gasteiger partial charge in [0, 0.05) is 31.2 Å². The summed E-state index contributed by atoms with van der Waals surface area (Å²) in [5.74, 6) is 2.15. The highest BCUT2D eigenvalue weighted by atomic mass is 16.3. The largest absolute Gasteiger partial charge is 0.388 e. The number of benzene rings is 2. The van der Waals surface area contributed by atoms with Crippen LogP contribution in [0.3, 0.4) is 0 Å². The molecule has 1 unspecified atom stereocenters. The van der Waals surface area contributed by atoms with E-state index in [9.17, 15) is 5.11 Å². The van der Waals surface area contributed by atoms with E-state index in [1.165, 1.54) is 0 Å². The van der Waals surface area contributed by atoms with Gasteiger partial charge in [-0.2, -0.15) is 0 Å². The molecule has 0 fully saturated rings. The summed E-state index contributed by atoms with van der Waals surface area (Å²) in [6.45, 7) is 3.96. The molecule has 6 nitrogen and oxygen atoms in total. The number of aromatic nitrogens is 4. The van der Waals surface area contributed by atoms with Crippen LogP contribution >= 0.6 is 0 Å². The first-order chi connectivity index (χ1) is 17.0. The van der Waals surface area contributed by atoms with Gasteiger partial charge < -0.3 is 10.0 Å². The molecule has 0 radical (unpaired) electrons. The predicted molar refractivity (Wildman–Crippen MR) is 140 cm³/mol. The Labute approximate surface area is 205 Å². The van der Waals surface area contributed by atoms with Crippen LogP contribution in [0.15, 0.2) is 91.4 Å². The molecule has 0 saturated heterocycles. The molecule has 1 atom stereocenters. The zero-order valence-corrected chi connectivity index (χ0v) is 20.0. The maximum Gasteiger partial charge on any atom is 0.163 e. The van der Waals surface area contributed by atoms with Crippen molar-refractivity contribution in [2.24, 2.45) is 5.92 Å². The van der Waals surface area contributed by atoms with E-state index < -0.39 is 6.10 Å². The summed E-state index contributed by atoms with van der Waals surface area (Å²) in [7, 11) is 1.97. The maximum atomic E-state index is 10.6. The van der Waals surface area contributed by atoms with E-state index in [-0.39, 0.29) is 5.92 Å². The second kappa shape index (κ2) is 9.60. The van der Waals surface area contributed by atoms with Crippen LogP contribution in [-0.4, -0.2) is 32.1 Å². The van der Waals surface area contributed by atoms with Gasteiger partial charge in [-0.3, -0.25) is 4.98 Å². The van der Waals surface area contributed by atoms with Crippen molar-refractivity contribution in [3.05, 3.63) is 97.0 Å². The van der Waals surface area contributed by atoms with E-state index in [0.29, 0.717) is 5.82 Å². The smallest absolute Gasteiger partial charge is 0.163 e. The Morgan fingerprint density at radius 3 is 2.37 bits per heavy atom. The fraction of sp³-hybridized carbons (Fsp3) is 0.172. The predicted octanol–water partition coefficient (Wildman–Crippen LogP) is 6.21. The van der Waals surface area contributed by atoms with Crippen molar-refractivity contribution < 1.29 is 5.11 Å². The molecule has 0 aliphatic heterocycles. The summed E-state index contributed by atoms with van der Waals surface area (Å²) in [5.41, 5.74) is 4.47. The molecule has 0 aliphatic rings. The number of pyridine rings is 2. The highest BCUT2D eigenvalue weighted by Crippen LogP contribution is 2.37. The molecule has 0 bridgehead atoms. The summed E-state index contributed by atoms with van der Waals surface area (Å²) in [6, 6.07) is 24.1. The van der Waals surface area contributed by atoms with Crippen LogP contribution in [0.5, 0.6) is 0 Å². The average Bonchev–Trinajstić information content (AvgIpc) is 2.92. The molecule has 2 aromatic carbocycles. The lowest BCUT2D eigenvalue weighted by Gasteiger charge is -2.21. The Bertz CT molecular complexity index is 1450. The van der Waals surface area contributed by atoms with Crippen molar-refractivity contribution in [2.75, 3.05) is 11.9 Å². The molecule has 5 rings (SSSR count). The lowest BCUT2D eigenvalue weighted by atomic mass is 9.99. The highest BCUT2D eigenvalue weighted by molar-refractivity contribution is 6.03. The van der Waals surface area contributed by atoms with E-state index in [1.54, 1.807) is 18.6 Å². The first-order valence-corrected chi connectivity index (χ1v) is 11.7. The van der Waals surface area contributed by atoms with E-state index in [0.717, 1.165) is 44.8 Å². The SMILES string of the molecule is CC(C)C(O)c1cncc(-c2nc(N(C)c3ccccn3)c3c(-c4ccccc4)cccc3n2)c1. The topological polar surface area (TPSA) is 75.0 Å². The van der Waals surface area contributed by atoms with Crippen molar-refractivity contribution in [1.29, 1.82) is 0 Å². The fourth-order valence-corrected chi connectivity index (χ4v) is 4.18. The summed E-state index contributed by atoms with van der Waals surface area (Å²) >= 11 is 0. The number of fused-ring (bicyclic) bond motifs is 1. The van der Waals surface area contributed by atoms with Gasteiger partial charge >= 0.3 is 0 Å². The van der Waals surface area contributed by atoms with Gasteiger partial charge in [0.15, 0.2) is 5.82 Å². The number of aliphatic hydroxyl groups excluding tert-OH is 1. The maximum absolute atomic E-state index is 10.6. The molecular weight excluding hydrogens is 434 g/mol. The quantitative estimate of drug-likeness (QED) is 0.324. The van der Waals surface area contributed by atoms with Gasteiger partial charge in [-0.15, -0.1) is 0 Å². The van der Waals surface area contributed by atoms with Gasteiger partial charge in [0.25, 0.3) is 0 Å². The Morgan fingerprint density at radius 1 is 0.829 bits per heavy atom. The summed E-state index contributed by atoms with van der Waals surface area (Å²) in [5, 5.41) is 11.5. The monoisotopic (exact) mass is 461 g/mol. The molecule has 35 heavy (non-hydrogen) atoms. The molecule has 3 aromatic heterocycles. The summed E-state index contributed by atoms with van der Waals surface area (Å²) < 4.78 is 0. The van der Waals surface area contributed by atoms with Gasteiger partial charge in [0.2, 0.25) is 0 Å². The van der Waals surface area contributed by atoms with Gasteiger partial charge in [0.1, 0.15) is 11.6 Å². The average molecular weight is 462 g/mol. The number of aliphatic hydroxyl groups is 1. The summed E-state index contributed by atoms with van der Waals surface area (Å²) in [4.78, 5) is 20.9. The van der Waals surface area contributed by atoms with Crippen LogP contribution in [0.1, 0.15) is 25.5 Å². The first kappa shape index (κ1) is 22.6. The third kappa shape index (κ3) is 4.48. The standard InChI is InChI=1S/C29H27N5O/c1-19(2)27(35)21-16-22(18-30-17-21)28-32-24-13-9-12-23(20-10-5-4-6-11-20)26(24)29(33-28)34(3)25-14-7-8-15-31-25/h4-19,27,35H,1-3H3. The van der Waals surface area contributed by atoms with E-state index in [4.69, 9.17) is 9.97 Å². The second-order valence-electron chi connectivity index (χ2n) is 8.88. The number of anilines is 2. The number of rotatable bonds is 6.